The van der Waals surface area contributed by atoms with Gasteiger partial charge in [-0.05, 0) is 63.5 Å². The number of Topliss-reactive ketones (excluding diaryl/α,β-unsaturated/α-hetero) is 1. The first-order valence-electron chi connectivity index (χ1n) is 8.07. The Morgan fingerprint density at radius 2 is 2.05 bits per heavy atom. The minimum absolute atomic E-state index is 0.114. The van der Waals surface area contributed by atoms with E-state index in [9.17, 15) is 9.59 Å². The zero-order valence-electron chi connectivity index (χ0n) is 12.7. The number of amides is 1. The van der Waals surface area contributed by atoms with Crippen molar-refractivity contribution < 1.29 is 9.59 Å². The van der Waals surface area contributed by atoms with E-state index < -0.39 is 0 Å². The molecule has 1 amide bonds. The van der Waals surface area contributed by atoms with Crippen molar-refractivity contribution in [2.24, 2.45) is 0 Å². The minimum Gasteiger partial charge on any atom is -0.335 e. The van der Waals surface area contributed by atoms with Crippen molar-refractivity contribution in [1.29, 1.82) is 0 Å². The van der Waals surface area contributed by atoms with Crippen LogP contribution in [-0.2, 0) is 17.6 Å². The number of likely N-dealkylation sites (tertiary alicyclic amines) is 1. The summed E-state index contributed by atoms with van der Waals surface area (Å²) in [6, 6.07) is 2.23. The van der Waals surface area contributed by atoms with Crippen molar-refractivity contribution in [2.75, 3.05) is 6.54 Å². The van der Waals surface area contributed by atoms with Crippen LogP contribution in [0.4, 0.5) is 0 Å². The summed E-state index contributed by atoms with van der Waals surface area (Å²) in [6.45, 7) is 2.43. The fourth-order valence-corrected chi connectivity index (χ4v) is 4.76. The van der Waals surface area contributed by atoms with E-state index in [2.05, 4.69) is 6.07 Å². The van der Waals surface area contributed by atoms with Crippen molar-refractivity contribution in [3.05, 3.63) is 21.4 Å². The highest BCUT2D eigenvalue weighted by atomic mass is 32.1. The van der Waals surface area contributed by atoms with Crippen LogP contribution in [0.3, 0.4) is 0 Å². The lowest BCUT2D eigenvalue weighted by molar-refractivity contribution is -0.118. The number of nitrogens with zero attached hydrogens (tertiary/aromatic N) is 1. The van der Waals surface area contributed by atoms with E-state index in [1.807, 2.05) is 4.90 Å². The third-order valence-electron chi connectivity index (χ3n) is 4.62. The maximum atomic E-state index is 12.8. The third-order valence-corrected chi connectivity index (χ3v) is 5.84. The highest BCUT2D eigenvalue weighted by molar-refractivity contribution is 7.14. The molecule has 0 radical (unpaired) electrons. The van der Waals surface area contributed by atoms with E-state index in [1.54, 1.807) is 18.3 Å². The van der Waals surface area contributed by atoms with Gasteiger partial charge in [0.2, 0.25) is 0 Å². The van der Waals surface area contributed by atoms with Crippen LogP contribution in [-0.4, -0.2) is 29.2 Å². The normalized spacial score (nSPS) is 22.0. The van der Waals surface area contributed by atoms with E-state index in [0.29, 0.717) is 6.42 Å². The smallest absolute Gasteiger partial charge is 0.264 e. The van der Waals surface area contributed by atoms with Crippen LogP contribution < -0.4 is 0 Å². The zero-order valence-corrected chi connectivity index (χ0v) is 13.5. The van der Waals surface area contributed by atoms with Crippen molar-refractivity contribution in [3.8, 4) is 0 Å². The average molecular weight is 305 g/mol. The van der Waals surface area contributed by atoms with Gasteiger partial charge in [-0.1, -0.05) is 0 Å². The molecule has 1 unspecified atom stereocenters. The van der Waals surface area contributed by atoms with Gasteiger partial charge in [-0.3, -0.25) is 9.59 Å². The molecule has 0 saturated carbocycles. The Morgan fingerprint density at radius 3 is 2.81 bits per heavy atom. The Morgan fingerprint density at radius 1 is 1.24 bits per heavy atom. The summed E-state index contributed by atoms with van der Waals surface area (Å²) < 4.78 is 0. The number of aryl methyl sites for hydroxylation is 2. The molecule has 1 atom stereocenters. The first kappa shape index (κ1) is 14.8. The van der Waals surface area contributed by atoms with Crippen LogP contribution in [0.15, 0.2) is 6.07 Å². The lowest BCUT2D eigenvalue weighted by Gasteiger charge is -2.35. The molecular formula is C17H23NO2S. The summed E-state index contributed by atoms with van der Waals surface area (Å²) in [4.78, 5) is 28.5. The number of ketones is 1. The summed E-state index contributed by atoms with van der Waals surface area (Å²) in [5.74, 6) is 0.338. The molecule has 0 aromatic carbocycles. The molecule has 1 saturated heterocycles. The molecule has 0 N–H and O–H groups in total. The number of hydrogen-bond donors (Lipinski definition) is 0. The monoisotopic (exact) mass is 305 g/mol. The lowest BCUT2D eigenvalue weighted by Crippen LogP contribution is -2.44. The number of hydrogen-bond acceptors (Lipinski definition) is 3. The highest BCUT2D eigenvalue weighted by Gasteiger charge is 2.29. The molecule has 0 bridgehead atoms. The molecule has 2 aliphatic rings. The van der Waals surface area contributed by atoms with Gasteiger partial charge in [0.25, 0.3) is 5.91 Å². The molecule has 1 aliphatic heterocycles. The Bertz CT molecular complexity index is 525. The maximum Gasteiger partial charge on any atom is 0.264 e. The molecule has 1 aromatic heterocycles. The summed E-state index contributed by atoms with van der Waals surface area (Å²) >= 11 is 1.68. The van der Waals surface area contributed by atoms with Crippen LogP contribution in [0, 0.1) is 0 Å². The van der Waals surface area contributed by atoms with Gasteiger partial charge in [-0.25, -0.2) is 0 Å². The zero-order chi connectivity index (χ0) is 14.8. The van der Waals surface area contributed by atoms with E-state index >= 15 is 0 Å². The molecule has 1 fully saturated rings. The van der Waals surface area contributed by atoms with Crippen molar-refractivity contribution >= 4 is 23.0 Å². The molecular weight excluding hydrogens is 282 g/mol. The third kappa shape index (κ3) is 3.20. The van der Waals surface area contributed by atoms with Gasteiger partial charge >= 0.3 is 0 Å². The summed E-state index contributed by atoms with van der Waals surface area (Å²) in [7, 11) is 0. The van der Waals surface area contributed by atoms with Crippen LogP contribution >= 0.6 is 11.3 Å². The van der Waals surface area contributed by atoms with E-state index in [-0.39, 0.29) is 17.7 Å². The molecule has 2 heterocycles. The van der Waals surface area contributed by atoms with Crippen LogP contribution in [0.25, 0.3) is 0 Å². The molecule has 4 heteroatoms. The van der Waals surface area contributed by atoms with Gasteiger partial charge in [0.05, 0.1) is 4.88 Å². The SMILES string of the molecule is CC(=O)CC1CCCCN1C(=O)c1cc2c(s1)CCCC2. The van der Waals surface area contributed by atoms with Gasteiger partial charge in [0.15, 0.2) is 0 Å². The standard InChI is InChI=1S/C17H23NO2S/c1-12(19)10-14-7-4-5-9-18(14)17(20)16-11-13-6-2-3-8-15(13)21-16/h11,14H,2-10H2,1H3. The average Bonchev–Trinajstić information content (AvgIpc) is 2.90. The van der Waals surface area contributed by atoms with Gasteiger partial charge in [-0.2, -0.15) is 0 Å². The van der Waals surface area contributed by atoms with Gasteiger partial charge in [0, 0.05) is 23.9 Å². The van der Waals surface area contributed by atoms with Crippen molar-refractivity contribution in [1.82, 2.24) is 4.90 Å². The second kappa shape index (κ2) is 6.30. The molecule has 21 heavy (non-hydrogen) atoms. The Kier molecular flexibility index (Phi) is 4.43. The molecule has 114 valence electrons. The Balaban J connectivity index is 1.78. The quantitative estimate of drug-likeness (QED) is 0.855. The second-order valence-electron chi connectivity index (χ2n) is 6.32. The summed E-state index contributed by atoms with van der Waals surface area (Å²) in [6.07, 6.45) is 8.41. The predicted molar refractivity (Wildman–Crippen MR) is 84.9 cm³/mol. The molecule has 0 spiro atoms. The summed E-state index contributed by atoms with van der Waals surface area (Å²) in [5.41, 5.74) is 1.38. The van der Waals surface area contributed by atoms with Crippen molar-refractivity contribution in [2.45, 2.75) is 64.3 Å². The topological polar surface area (TPSA) is 37.4 Å². The molecule has 1 aliphatic carbocycles. The first-order valence-corrected chi connectivity index (χ1v) is 8.89. The second-order valence-corrected chi connectivity index (χ2v) is 7.46. The predicted octanol–water partition coefficient (Wildman–Crippen LogP) is 3.60. The largest absolute Gasteiger partial charge is 0.335 e. The van der Waals surface area contributed by atoms with Gasteiger partial charge in [-0.15, -0.1) is 11.3 Å². The van der Waals surface area contributed by atoms with Crippen LogP contribution in [0.1, 0.15) is 65.6 Å². The van der Waals surface area contributed by atoms with Gasteiger partial charge < -0.3 is 4.90 Å². The fraction of sp³-hybridized carbons (Fsp3) is 0.647. The number of fused-ring (bicyclic) bond motifs is 1. The molecule has 1 aromatic rings. The number of carbonyl (C=O) groups excluding carboxylic acids is 2. The molecule has 3 rings (SSSR count). The van der Waals surface area contributed by atoms with Crippen molar-refractivity contribution in [3.63, 3.8) is 0 Å². The lowest BCUT2D eigenvalue weighted by atomic mass is 9.97. The number of carbonyl (C=O) groups is 2. The minimum atomic E-state index is 0.114. The van der Waals surface area contributed by atoms with E-state index in [1.165, 1.54) is 23.3 Å². The number of piperidine rings is 1. The fourth-order valence-electron chi connectivity index (χ4n) is 3.55. The maximum absolute atomic E-state index is 12.8. The number of rotatable bonds is 3. The van der Waals surface area contributed by atoms with Gasteiger partial charge in [0.1, 0.15) is 5.78 Å². The highest BCUT2D eigenvalue weighted by Crippen LogP contribution is 2.32. The molecule has 3 nitrogen and oxygen atoms in total. The Hall–Kier alpha value is -1.16. The first-order chi connectivity index (χ1) is 10.1. The van der Waals surface area contributed by atoms with Crippen LogP contribution in [0.2, 0.25) is 0 Å². The van der Waals surface area contributed by atoms with E-state index in [4.69, 9.17) is 0 Å². The Labute approximate surface area is 130 Å². The number of thiophene rings is 1. The van der Waals surface area contributed by atoms with E-state index in [0.717, 1.165) is 43.5 Å². The summed E-state index contributed by atoms with van der Waals surface area (Å²) in [5, 5.41) is 0. The van der Waals surface area contributed by atoms with Crippen LogP contribution in [0.5, 0.6) is 0 Å².